The van der Waals surface area contributed by atoms with Gasteiger partial charge in [-0.1, -0.05) is 39.9 Å². The van der Waals surface area contributed by atoms with Gasteiger partial charge in [0.25, 0.3) is 0 Å². The van der Waals surface area contributed by atoms with Crippen LogP contribution in [0.4, 0.5) is 0 Å². The molecule has 0 aromatic heterocycles. The minimum Gasteiger partial charge on any atom is -0.369 e. The van der Waals surface area contributed by atoms with Crippen LogP contribution in [0.1, 0.15) is 5.56 Å². The standard InChI is InChI=1S/C9H7Cl3N6/c10-3-1-4(11)6(5(12)2-3)7-8-14-9(13)16-18(8)17-15-7/h1-2,8,17H,(H3,13,14,16). The molecule has 3 rings (SSSR count). The quantitative estimate of drug-likeness (QED) is 0.731. The Labute approximate surface area is 117 Å². The van der Waals surface area contributed by atoms with Gasteiger partial charge in [0.1, 0.15) is 5.71 Å². The summed E-state index contributed by atoms with van der Waals surface area (Å²) in [5.74, 6) is 0.293. The average molecular weight is 306 g/mol. The van der Waals surface area contributed by atoms with E-state index in [0.717, 1.165) is 0 Å². The van der Waals surface area contributed by atoms with Crippen molar-refractivity contribution in [3.8, 4) is 0 Å². The number of benzene rings is 1. The summed E-state index contributed by atoms with van der Waals surface area (Å²) in [6.07, 6.45) is -0.402. The van der Waals surface area contributed by atoms with Crippen molar-refractivity contribution in [3.05, 3.63) is 32.8 Å². The van der Waals surface area contributed by atoms with Gasteiger partial charge in [-0.15, -0.1) is 0 Å². The fourth-order valence-corrected chi connectivity index (χ4v) is 2.81. The molecule has 18 heavy (non-hydrogen) atoms. The van der Waals surface area contributed by atoms with Crippen molar-refractivity contribution < 1.29 is 0 Å². The molecule has 0 amide bonds. The van der Waals surface area contributed by atoms with Crippen LogP contribution in [0, 0.1) is 0 Å². The van der Waals surface area contributed by atoms with Crippen LogP contribution in [0.25, 0.3) is 0 Å². The summed E-state index contributed by atoms with van der Waals surface area (Å²) in [5.41, 5.74) is 12.3. The van der Waals surface area contributed by atoms with Crippen LogP contribution in [-0.4, -0.2) is 23.0 Å². The van der Waals surface area contributed by atoms with Gasteiger partial charge < -0.3 is 5.73 Å². The highest BCUT2D eigenvalue weighted by molar-refractivity contribution is 6.42. The Bertz CT molecular complexity index is 561. The van der Waals surface area contributed by atoms with Gasteiger partial charge in [0, 0.05) is 10.6 Å². The summed E-state index contributed by atoms with van der Waals surface area (Å²) in [6.45, 7) is 0. The Balaban J connectivity index is 2.07. The Morgan fingerprint density at radius 1 is 1.22 bits per heavy atom. The number of nitrogens with one attached hydrogen (secondary N) is 2. The third-order valence-corrected chi connectivity index (χ3v) is 3.34. The Morgan fingerprint density at radius 2 is 1.89 bits per heavy atom. The van der Waals surface area contributed by atoms with E-state index in [4.69, 9.17) is 40.5 Å². The number of hydrogen-bond donors (Lipinski definition) is 3. The molecule has 0 aliphatic carbocycles. The number of nitrogens with two attached hydrogens (primary N) is 1. The van der Waals surface area contributed by atoms with Crippen LogP contribution in [0.2, 0.25) is 15.1 Å². The van der Waals surface area contributed by atoms with E-state index in [2.05, 4.69) is 21.1 Å². The second kappa shape index (κ2) is 4.17. The van der Waals surface area contributed by atoms with Crippen molar-refractivity contribution in [1.29, 1.82) is 0 Å². The lowest BCUT2D eigenvalue weighted by atomic mass is 10.1. The molecule has 1 aromatic rings. The van der Waals surface area contributed by atoms with Crippen molar-refractivity contribution in [2.75, 3.05) is 0 Å². The summed E-state index contributed by atoms with van der Waals surface area (Å²) in [6, 6.07) is 3.20. The molecule has 2 aliphatic heterocycles. The monoisotopic (exact) mass is 304 g/mol. The van der Waals surface area contributed by atoms with Gasteiger partial charge in [0.2, 0.25) is 5.96 Å². The number of hydrazone groups is 1. The topological polar surface area (TPSA) is 78.0 Å². The summed E-state index contributed by atoms with van der Waals surface area (Å²) in [7, 11) is 0. The van der Waals surface area contributed by atoms with E-state index >= 15 is 0 Å². The van der Waals surface area contributed by atoms with Gasteiger partial charge in [0.05, 0.1) is 10.0 Å². The van der Waals surface area contributed by atoms with E-state index in [1.54, 1.807) is 17.3 Å². The van der Waals surface area contributed by atoms with Crippen LogP contribution in [0.5, 0.6) is 0 Å². The van der Waals surface area contributed by atoms with Crippen molar-refractivity contribution in [1.82, 2.24) is 16.1 Å². The van der Waals surface area contributed by atoms with E-state index in [1.807, 2.05) is 0 Å². The highest BCUT2D eigenvalue weighted by Crippen LogP contribution is 2.32. The molecule has 1 atom stereocenters. The van der Waals surface area contributed by atoms with Gasteiger partial charge in [-0.05, 0) is 12.1 Å². The summed E-state index contributed by atoms with van der Waals surface area (Å²) < 4.78 is 0. The number of halogens is 3. The van der Waals surface area contributed by atoms with E-state index in [-0.39, 0.29) is 0 Å². The molecule has 2 aliphatic rings. The number of guanidine groups is 1. The molecule has 1 aromatic carbocycles. The van der Waals surface area contributed by atoms with Crippen LogP contribution in [0.15, 0.2) is 22.2 Å². The zero-order valence-corrected chi connectivity index (χ0v) is 11.1. The number of nitrogens with zero attached hydrogens (tertiary/aromatic N) is 3. The maximum atomic E-state index is 6.15. The van der Waals surface area contributed by atoms with Crippen molar-refractivity contribution in [2.45, 2.75) is 6.17 Å². The Kier molecular flexibility index (Phi) is 2.74. The highest BCUT2D eigenvalue weighted by Gasteiger charge is 2.37. The maximum Gasteiger partial charge on any atom is 0.207 e. The molecule has 0 radical (unpaired) electrons. The summed E-state index contributed by atoms with van der Waals surface area (Å²) in [4.78, 5) is 4.18. The zero-order chi connectivity index (χ0) is 12.9. The molecule has 0 bridgehead atoms. The fourth-order valence-electron chi connectivity index (χ4n) is 1.80. The summed E-state index contributed by atoms with van der Waals surface area (Å²) >= 11 is 18.2. The molecule has 0 saturated heterocycles. The smallest absolute Gasteiger partial charge is 0.207 e. The Hall–Kier alpha value is -1.21. The van der Waals surface area contributed by atoms with Gasteiger partial charge in [-0.25, -0.2) is 10.5 Å². The number of rotatable bonds is 1. The van der Waals surface area contributed by atoms with E-state index in [1.165, 1.54) is 0 Å². The van der Waals surface area contributed by atoms with Crippen molar-refractivity contribution in [3.63, 3.8) is 0 Å². The molecule has 0 fully saturated rings. The highest BCUT2D eigenvalue weighted by atomic mass is 35.5. The Morgan fingerprint density at radius 3 is 2.56 bits per heavy atom. The molecule has 0 saturated carbocycles. The fraction of sp³-hybridized carbons (Fsp3) is 0.111. The summed E-state index contributed by atoms with van der Waals surface area (Å²) in [5, 5.41) is 6.97. The molecular weight excluding hydrogens is 298 g/mol. The van der Waals surface area contributed by atoms with Gasteiger partial charge in [0.15, 0.2) is 6.17 Å². The van der Waals surface area contributed by atoms with Crippen molar-refractivity contribution >= 4 is 46.5 Å². The predicted octanol–water partition coefficient (Wildman–Crippen LogP) is 1.33. The SMILES string of the molecule is NC1=NC2C(c3c(Cl)cc(Cl)cc3Cl)=NNN2N1. The van der Waals surface area contributed by atoms with Gasteiger partial charge in [-0.2, -0.15) is 5.10 Å². The molecule has 4 N–H and O–H groups in total. The molecule has 0 spiro atoms. The first-order valence-corrected chi connectivity index (χ1v) is 6.07. The van der Waals surface area contributed by atoms with Gasteiger partial charge >= 0.3 is 0 Å². The van der Waals surface area contributed by atoms with Gasteiger partial charge in [-0.3, -0.25) is 5.43 Å². The molecule has 94 valence electrons. The lowest BCUT2D eigenvalue weighted by molar-refractivity contribution is 0.173. The number of aliphatic imine (C=N–C) groups is 1. The van der Waals surface area contributed by atoms with E-state index < -0.39 is 6.17 Å². The lowest BCUT2D eigenvalue weighted by Crippen LogP contribution is -2.47. The van der Waals surface area contributed by atoms with E-state index in [0.29, 0.717) is 32.3 Å². The van der Waals surface area contributed by atoms with Crippen LogP contribution < -0.4 is 16.7 Å². The first kappa shape index (κ1) is 11.9. The molecule has 9 heteroatoms. The second-order valence-corrected chi connectivity index (χ2v) is 4.96. The number of hydrazine groups is 2. The lowest BCUT2D eigenvalue weighted by Gasteiger charge is -2.14. The van der Waals surface area contributed by atoms with E-state index in [9.17, 15) is 0 Å². The minimum absolute atomic E-state index is 0.293. The average Bonchev–Trinajstić information content (AvgIpc) is 2.77. The zero-order valence-electron chi connectivity index (χ0n) is 8.78. The first-order chi connectivity index (χ1) is 8.56. The molecular formula is C9H7Cl3N6. The third kappa shape index (κ3) is 1.78. The maximum absolute atomic E-state index is 6.15. The second-order valence-electron chi connectivity index (χ2n) is 3.71. The number of fused-ring (bicyclic) bond motifs is 1. The third-order valence-electron chi connectivity index (χ3n) is 2.53. The molecule has 1 unspecified atom stereocenters. The first-order valence-electron chi connectivity index (χ1n) is 4.93. The van der Waals surface area contributed by atoms with Crippen molar-refractivity contribution in [2.24, 2.45) is 15.8 Å². The molecule has 6 nitrogen and oxygen atoms in total. The minimum atomic E-state index is -0.402. The largest absolute Gasteiger partial charge is 0.369 e. The van der Waals surface area contributed by atoms with Crippen LogP contribution in [-0.2, 0) is 0 Å². The number of hydrogen-bond acceptors (Lipinski definition) is 6. The normalized spacial score (nSPS) is 22.1. The van der Waals surface area contributed by atoms with Crippen LogP contribution in [0.3, 0.4) is 0 Å². The van der Waals surface area contributed by atoms with Crippen LogP contribution >= 0.6 is 34.8 Å². The molecule has 2 heterocycles. The predicted molar refractivity (Wildman–Crippen MR) is 71.5 cm³/mol.